The summed E-state index contributed by atoms with van der Waals surface area (Å²) in [6, 6.07) is 0. The molecule has 1 heterocycles. The van der Waals surface area contributed by atoms with Crippen molar-refractivity contribution >= 4 is 15.9 Å². The van der Waals surface area contributed by atoms with Crippen molar-refractivity contribution in [2.24, 2.45) is 0 Å². The van der Waals surface area contributed by atoms with Gasteiger partial charge in [0.15, 0.2) is 0 Å². The monoisotopic (exact) mass is 164 g/mol. The average molecular weight is 165 g/mol. The maximum atomic E-state index is 5.10. The first kappa shape index (κ1) is 5.54. The molecule has 1 unspecified atom stereocenters. The highest BCUT2D eigenvalue weighted by atomic mass is 79.9. The molecule has 1 atom stereocenters. The lowest BCUT2D eigenvalue weighted by molar-refractivity contribution is 0.0879. The van der Waals surface area contributed by atoms with E-state index in [-0.39, 0.29) is 5.01 Å². The Balaban J connectivity index is 2.12. The third kappa shape index (κ3) is 1.76. The van der Waals surface area contributed by atoms with Crippen LogP contribution in [-0.2, 0) is 4.74 Å². The van der Waals surface area contributed by atoms with Gasteiger partial charge in [-0.05, 0) is 0 Å². The minimum absolute atomic E-state index is 0.182. The van der Waals surface area contributed by atoms with Crippen LogP contribution < -0.4 is 5.32 Å². The van der Waals surface area contributed by atoms with E-state index in [1.807, 2.05) is 0 Å². The molecule has 0 N–H and O–H groups in total. The summed E-state index contributed by atoms with van der Waals surface area (Å²) in [5.74, 6) is 0. The summed E-state index contributed by atoms with van der Waals surface area (Å²) in [4.78, 5) is 0. The van der Waals surface area contributed by atoms with E-state index in [4.69, 9.17) is 4.74 Å². The Labute approximate surface area is 51.4 Å². The van der Waals surface area contributed by atoms with Crippen LogP contribution in [0, 0.1) is 0 Å². The lowest BCUT2D eigenvalue weighted by Crippen LogP contribution is -2.29. The number of rotatable bonds is 0. The fourth-order valence-electron chi connectivity index (χ4n) is 0.491. The van der Waals surface area contributed by atoms with Crippen LogP contribution in [-0.4, -0.2) is 24.7 Å². The first-order valence-electron chi connectivity index (χ1n) is 2.28. The van der Waals surface area contributed by atoms with Crippen molar-refractivity contribution in [3.63, 3.8) is 0 Å². The van der Waals surface area contributed by atoms with Crippen molar-refractivity contribution in [3.05, 3.63) is 0 Å². The van der Waals surface area contributed by atoms with Crippen molar-refractivity contribution in [2.45, 2.75) is 5.01 Å². The van der Waals surface area contributed by atoms with Crippen LogP contribution in [0.15, 0.2) is 0 Å². The Hall–Kier alpha value is 0.400. The number of ether oxygens (including phenoxy) is 1. The molecule has 3 heteroatoms. The number of nitrogens with zero attached hydrogens (tertiary/aromatic N) is 1. The highest BCUT2D eigenvalue weighted by Gasteiger charge is 2.07. The quantitative estimate of drug-likeness (QED) is 0.474. The van der Waals surface area contributed by atoms with Crippen LogP contribution in [0.5, 0.6) is 0 Å². The molecule has 0 aliphatic carbocycles. The fraction of sp³-hybridized carbons (Fsp3) is 1.00. The van der Waals surface area contributed by atoms with Gasteiger partial charge in [-0.15, -0.1) is 0 Å². The summed E-state index contributed by atoms with van der Waals surface area (Å²) < 4.78 is 5.10. The zero-order valence-corrected chi connectivity index (χ0v) is 5.52. The lowest BCUT2D eigenvalue weighted by atomic mass is 10.5. The van der Waals surface area contributed by atoms with Gasteiger partial charge < -0.3 is 4.74 Å². The highest BCUT2D eigenvalue weighted by molar-refractivity contribution is 9.09. The van der Waals surface area contributed by atoms with E-state index in [1.54, 1.807) is 0 Å². The van der Waals surface area contributed by atoms with Gasteiger partial charge in [0.2, 0.25) is 0 Å². The zero-order chi connectivity index (χ0) is 5.11. The van der Waals surface area contributed by atoms with Crippen LogP contribution in [0.1, 0.15) is 0 Å². The van der Waals surface area contributed by atoms with E-state index in [2.05, 4.69) is 21.2 Å². The molecule has 1 fully saturated rings. The smallest absolute Gasteiger partial charge is 0.126 e. The molecule has 41 valence electrons. The van der Waals surface area contributed by atoms with E-state index < -0.39 is 0 Å². The van der Waals surface area contributed by atoms with Gasteiger partial charge in [0.25, 0.3) is 0 Å². The predicted molar refractivity (Wildman–Crippen MR) is 30.5 cm³/mol. The van der Waals surface area contributed by atoms with E-state index in [1.165, 1.54) is 0 Å². The second-order valence-electron chi connectivity index (χ2n) is 1.41. The Morgan fingerprint density at radius 2 is 2.57 bits per heavy atom. The van der Waals surface area contributed by atoms with Gasteiger partial charge >= 0.3 is 0 Å². The summed E-state index contributed by atoms with van der Waals surface area (Å²) in [6.45, 7) is 2.44. The van der Waals surface area contributed by atoms with E-state index in [0.717, 1.165) is 19.7 Å². The second-order valence-corrected chi connectivity index (χ2v) is 2.43. The molecule has 0 bridgehead atoms. The topological polar surface area (TPSA) is 23.3 Å². The molecule has 1 saturated heterocycles. The standard InChI is InChI=1S/C4H7BrNO/c5-4-3-6-1-2-7-4/h4H,1-3H2. The molecule has 0 aromatic rings. The summed E-state index contributed by atoms with van der Waals surface area (Å²) in [5, 5.41) is 4.27. The number of morpholine rings is 1. The summed E-state index contributed by atoms with van der Waals surface area (Å²) in [5.41, 5.74) is 0. The largest absolute Gasteiger partial charge is 0.364 e. The van der Waals surface area contributed by atoms with Gasteiger partial charge in [0.1, 0.15) is 5.01 Å². The molecule has 0 aromatic carbocycles. The number of hydrogen-bond acceptors (Lipinski definition) is 1. The molecule has 2 nitrogen and oxygen atoms in total. The predicted octanol–water partition coefficient (Wildman–Crippen LogP) is 0.342. The Bertz CT molecular complexity index is 53.7. The number of hydrogen-bond donors (Lipinski definition) is 0. The molecule has 0 spiro atoms. The fourth-order valence-corrected chi connectivity index (χ4v) is 0.882. The van der Waals surface area contributed by atoms with E-state index in [9.17, 15) is 0 Å². The van der Waals surface area contributed by atoms with Crippen molar-refractivity contribution in [3.8, 4) is 0 Å². The molecular formula is C4H7BrNO. The minimum Gasteiger partial charge on any atom is -0.364 e. The van der Waals surface area contributed by atoms with E-state index in [0.29, 0.717) is 0 Å². The third-order valence-electron chi connectivity index (χ3n) is 0.821. The second kappa shape index (κ2) is 2.64. The normalized spacial score (nSPS) is 33.0. The van der Waals surface area contributed by atoms with Gasteiger partial charge in [0, 0.05) is 13.1 Å². The van der Waals surface area contributed by atoms with Crippen molar-refractivity contribution in [1.29, 1.82) is 0 Å². The number of alkyl halides is 1. The van der Waals surface area contributed by atoms with Crippen molar-refractivity contribution in [1.82, 2.24) is 5.32 Å². The summed E-state index contributed by atoms with van der Waals surface area (Å²) in [6.07, 6.45) is 0. The lowest BCUT2D eigenvalue weighted by Gasteiger charge is -2.15. The molecule has 0 saturated carbocycles. The van der Waals surface area contributed by atoms with Gasteiger partial charge in [0.05, 0.1) is 6.61 Å². The molecule has 1 rings (SSSR count). The third-order valence-corrected chi connectivity index (χ3v) is 1.37. The van der Waals surface area contributed by atoms with Crippen molar-refractivity contribution in [2.75, 3.05) is 19.7 Å². The Kier molecular flexibility index (Phi) is 2.09. The van der Waals surface area contributed by atoms with E-state index >= 15 is 0 Å². The highest BCUT2D eigenvalue weighted by Crippen LogP contribution is 2.02. The molecule has 1 radical (unpaired) electrons. The maximum absolute atomic E-state index is 5.10. The molecule has 0 amide bonds. The SMILES string of the molecule is BrC1C[N]CCO1. The zero-order valence-electron chi connectivity index (χ0n) is 3.93. The van der Waals surface area contributed by atoms with Crippen molar-refractivity contribution < 1.29 is 4.74 Å². The van der Waals surface area contributed by atoms with Gasteiger partial charge in [-0.3, -0.25) is 0 Å². The minimum atomic E-state index is 0.182. The molecule has 1 aliphatic rings. The Morgan fingerprint density at radius 3 is 2.86 bits per heavy atom. The summed E-state index contributed by atoms with van der Waals surface area (Å²) in [7, 11) is 0. The van der Waals surface area contributed by atoms with Crippen LogP contribution in [0.4, 0.5) is 0 Å². The van der Waals surface area contributed by atoms with Crippen LogP contribution >= 0.6 is 15.9 Å². The van der Waals surface area contributed by atoms with Gasteiger partial charge in [-0.25, -0.2) is 5.32 Å². The molecular weight excluding hydrogens is 158 g/mol. The molecule has 1 aliphatic heterocycles. The molecule has 0 aromatic heterocycles. The average Bonchev–Trinajstić information content (AvgIpc) is 1.69. The Morgan fingerprint density at radius 1 is 1.71 bits per heavy atom. The van der Waals surface area contributed by atoms with Gasteiger partial charge in [-0.1, -0.05) is 15.9 Å². The first-order chi connectivity index (χ1) is 3.39. The summed E-state index contributed by atoms with van der Waals surface area (Å²) >= 11 is 3.27. The van der Waals surface area contributed by atoms with Crippen LogP contribution in [0.25, 0.3) is 0 Å². The maximum Gasteiger partial charge on any atom is 0.126 e. The first-order valence-corrected chi connectivity index (χ1v) is 3.20. The van der Waals surface area contributed by atoms with Crippen LogP contribution in [0.3, 0.4) is 0 Å². The number of halogens is 1. The molecule has 7 heavy (non-hydrogen) atoms. The van der Waals surface area contributed by atoms with Crippen LogP contribution in [0.2, 0.25) is 0 Å². The van der Waals surface area contributed by atoms with Gasteiger partial charge in [-0.2, -0.15) is 0 Å².